The van der Waals surface area contributed by atoms with Gasteiger partial charge in [-0.1, -0.05) is 93.6 Å². The minimum Gasteiger partial charge on any atom is -0.311 e. The van der Waals surface area contributed by atoms with E-state index in [0.717, 1.165) is 30.0 Å². The van der Waals surface area contributed by atoms with E-state index in [-0.39, 0.29) is 0 Å². The third-order valence-corrected chi connectivity index (χ3v) is 5.34. The Morgan fingerprint density at radius 1 is 0.828 bits per heavy atom. The Labute approximate surface area is 175 Å². The van der Waals surface area contributed by atoms with Gasteiger partial charge in [-0.15, -0.1) is 0 Å². The third kappa shape index (κ3) is 6.53. The van der Waals surface area contributed by atoms with Crippen molar-refractivity contribution in [3.63, 3.8) is 0 Å². The Morgan fingerprint density at radius 2 is 1.55 bits per heavy atom. The summed E-state index contributed by atoms with van der Waals surface area (Å²) >= 11 is 0. The first kappa shape index (κ1) is 21.3. The zero-order valence-electron chi connectivity index (χ0n) is 17.9. The molecule has 0 bridgehead atoms. The number of aryl methyl sites for hydroxylation is 1. The van der Waals surface area contributed by atoms with E-state index in [0.29, 0.717) is 6.54 Å². The number of benzene rings is 2. The number of hydrogen-bond acceptors (Lipinski definition) is 3. The second kappa shape index (κ2) is 11.5. The molecule has 0 saturated carbocycles. The van der Waals surface area contributed by atoms with E-state index in [9.17, 15) is 0 Å². The van der Waals surface area contributed by atoms with Crippen molar-refractivity contribution < 1.29 is 0 Å². The predicted octanol–water partition coefficient (Wildman–Crippen LogP) is 5.75. The van der Waals surface area contributed by atoms with Crippen LogP contribution in [0.25, 0.3) is 11.3 Å². The molecule has 0 fully saturated rings. The average molecular weight is 391 g/mol. The molecule has 29 heavy (non-hydrogen) atoms. The normalized spacial score (nSPS) is 11.1. The van der Waals surface area contributed by atoms with Crippen LogP contribution in [0, 0.1) is 6.92 Å². The number of hydrogen-bond donors (Lipinski definition) is 1. The summed E-state index contributed by atoms with van der Waals surface area (Å²) in [7, 11) is 0. The van der Waals surface area contributed by atoms with Crippen molar-refractivity contribution in [2.45, 2.75) is 65.5 Å². The van der Waals surface area contributed by atoms with Gasteiger partial charge in [0.25, 0.3) is 0 Å². The van der Waals surface area contributed by atoms with Gasteiger partial charge in [0.2, 0.25) is 0 Å². The molecule has 3 rings (SSSR count). The standard InChI is InChI=1S/C25H34N4/c1-3-4-5-6-7-13-18-26-19-24-25(22-15-9-8-10-16-22)28-29(27-24)20-23-17-12-11-14-21(23)2/h8-12,14-17,26H,3-7,13,18-20H2,1-2H3. The highest BCUT2D eigenvalue weighted by Gasteiger charge is 2.13. The molecule has 2 aromatic carbocycles. The average Bonchev–Trinajstić information content (AvgIpc) is 3.15. The molecule has 0 unspecified atom stereocenters. The molecule has 0 aliphatic rings. The second-order valence-corrected chi connectivity index (χ2v) is 7.76. The first-order chi connectivity index (χ1) is 14.3. The van der Waals surface area contributed by atoms with Gasteiger partial charge in [0.15, 0.2) is 0 Å². The monoisotopic (exact) mass is 390 g/mol. The van der Waals surface area contributed by atoms with Crippen molar-refractivity contribution in [2.75, 3.05) is 6.54 Å². The van der Waals surface area contributed by atoms with Crippen LogP contribution in [0.5, 0.6) is 0 Å². The molecule has 0 spiro atoms. The van der Waals surface area contributed by atoms with E-state index in [1.54, 1.807) is 0 Å². The Morgan fingerprint density at radius 3 is 2.34 bits per heavy atom. The van der Waals surface area contributed by atoms with Crippen LogP contribution in [0.2, 0.25) is 0 Å². The highest BCUT2D eigenvalue weighted by atomic mass is 15.5. The molecule has 1 aromatic heterocycles. The summed E-state index contributed by atoms with van der Waals surface area (Å²) < 4.78 is 0. The molecule has 0 saturated heterocycles. The largest absolute Gasteiger partial charge is 0.311 e. The minimum absolute atomic E-state index is 0.698. The molecule has 0 aliphatic heterocycles. The molecule has 4 heteroatoms. The summed E-state index contributed by atoms with van der Waals surface area (Å²) in [6.07, 6.45) is 7.90. The van der Waals surface area contributed by atoms with Crippen LogP contribution in [-0.4, -0.2) is 21.5 Å². The lowest BCUT2D eigenvalue weighted by molar-refractivity contribution is 0.556. The van der Waals surface area contributed by atoms with Crippen molar-refractivity contribution in [1.82, 2.24) is 20.3 Å². The van der Waals surface area contributed by atoms with Gasteiger partial charge in [-0.05, 0) is 31.0 Å². The fourth-order valence-corrected chi connectivity index (χ4v) is 3.57. The Hall–Kier alpha value is -2.46. The van der Waals surface area contributed by atoms with Gasteiger partial charge < -0.3 is 5.32 Å². The maximum atomic E-state index is 4.83. The lowest BCUT2D eigenvalue weighted by Crippen LogP contribution is -2.16. The summed E-state index contributed by atoms with van der Waals surface area (Å²) in [5.41, 5.74) is 5.66. The highest BCUT2D eigenvalue weighted by molar-refractivity contribution is 5.60. The molecule has 1 heterocycles. The summed E-state index contributed by atoms with van der Waals surface area (Å²) in [5, 5.41) is 13.2. The number of nitrogens with one attached hydrogen (secondary N) is 1. The molecule has 154 valence electrons. The van der Waals surface area contributed by atoms with E-state index in [1.165, 1.54) is 49.7 Å². The van der Waals surface area contributed by atoms with Crippen molar-refractivity contribution in [3.8, 4) is 11.3 Å². The molecule has 4 nitrogen and oxygen atoms in total. The molecule has 0 amide bonds. The van der Waals surface area contributed by atoms with Gasteiger partial charge in [0.05, 0.1) is 6.54 Å². The van der Waals surface area contributed by atoms with E-state index < -0.39 is 0 Å². The van der Waals surface area contributed by atoms with Crippen molar-refractivity contribution >= 4 is 0 Å². The second-order valence-electron chi connectivity index (χ2n) is 7.76. The van der Waals surface area contributed by atoms with E-state index in [1.807, 2.05) is 10.9 Å². The molecule has 3 aromatic rings. The van der Waals surface area contributed by atoms with Crippen LogP contribution >= 0.6 is 0 Å². The van der Waals surface area contributed by atoms with Crippen LogP contribution in [0.3, 0.4) is 0 Å². The maximum Gasteiger partial charge on any atom is 0.117 e. The highest BCUT2D eigenvalue weighted by Crippen LogP contribution is 2.20. The maximum absolute atomic E-state index is 4.83. The summed E-state index contributed by atoms with van der Waals surface area (Å²) in [6, 6.07) is 18.8. The number of rotatable bonds is 12. The van der Waals surface area contributed by atoms with E-state index in [4.69, 9.17) is 10.2 Å². The van der Waals surface area contributed by atoms with Crippen LogP contribution < -0.4 is 5.32 Å². The quantitative estimate of drug-likeness (QED) is 0.400. The lowest BCUT2D eigenvalue weighted by atomic mass is 10.1. The Bertz CT molecular complexity index is 854. The van der Waals surface area contributed by atoms with Crippen LogP contribution in [0.15, 0.2) is 54.6 Å². The van der Waals surface area contributed by atoms with Crippen molar-refractivity contribution in [3.05, 3.63) is 71.4 Å². The van der Waals surface area contributed by atoms with Crippen LogP contribution in [0.4, 0.5) is 0 Å². The minimum atomic E-state index is 0.698. The smallest absolute Gasteiger partial charge is 0.117 e. The van der Waals surface area contributed by atoms with Crippen LogP contribution in [0.1, 0.15) is 62.3 Å². The number of aromatic nitrogens is 3. The molecular weight excluding hydrogens is 356 g/mol. The molecule has 1 N–H and O–H groups in total. The number of unbranched alkanes of at least 4 members (excludes halogenated alkanes) is 5. The summed E-state index contributed by atoms with van der Waals surface area (Å²) in [6.45, 7) is 6.89. The van der Waals surface area contributed by atoms with Crippen molar-refractivity contribution in [1.29, 1.82) is 0 Å². The zero-order valence-corrected chi connectivity index (χ0v) is 17.9. The van der Waals surface area contributed by atoms with E-state index >= 15 is 0 Å². The topological polar surface area (TPSA) is 42.7 Å². The predicted molar refractivity (Wildman–Crippen MR) is 121 cm³/mol. The Kier molecular flexibility index (Phi) is 8.44. The van der Waals surface area contributed by atoms with Gasteiger partial charge in [-0.25, -0.2) is 0 Å². The SMILES string of the molecule is CCCCCCCCNCc1nn(Cc2ccccc2C)nc1-c1ccccc1. The first-order valence-electron chi connectivity index (χ1n) is 11.0. The molecular formula is C25H34N4. The fraction of sp³-hybridized carbons (Fsp3) is 0.440. The third-order valence-electron chi connectivity index (χ3n) is 5.34. The number of nitrogens with zero attached hydrogens (tertiary/aromatic N) is 3. The van der Waals surface area contributed by atoms with Gasteiger partial charge in [-0.2, -0.15) is 15.0 Å². The zero-order chi connectivity index (χ0) is 20.3. The van der Waals surface area contributed by atoms with E-state index in [2.05, 4.69) is 67.7 Å². The Balaban J connectivity index is 1.63. The van der Waals surface area contributed by atoms with Crippen molar-refractivity contribution in [2.24, 2.45) is 0 Å². The summed E-state index contributed by atoms with van der Waals surface area (Å²) in [5.74, 6) is 0. The molecule has 0 radical (unpaired) electrons. The van der Waals surface area contributed by atoms with Gasteiger partial charge in [0, 0.05) is 12.1 Å². The molecule has 0 aliphatic carbocycles. The molecule has 0 atom stereocenters. The van der Waals surface area contributed by atoms with Gasteiger partial charge in [-0.3, -0.25) is 0 Å². The van der Waals surface area contributed by atoms with Crippen LogP contribution in [-0.2, 0) is 13.1 Å². The fourth-order valence-electron chi connectivity index (χ4n) is 3.57. The van der Waals surface area contributed by atoms with Gasteiger partial charge >= 0.3 is 0 Å². The lowest BCUT2D eigenvalue weighted by Gasteiger charge is -2.05. The first-order valence-corrected chi connectivity index (χ1v) is 11.0. The summed E-state index contributed by atoms with van der Waals surface area (Å²) in [4.78, 5) is 1.84. The van der Waals surface area contributed by atoms with Gasteiger partial charge in [0.1, 0.15) is 11.4 Å².